The minimum absolute atomic E-state index is 0.504. The molecule has 126 valence electrons. The number of nitrogen functional groups attached to an aromatic ring is 1. The molecule has 0 aliphatic carbocycles. The maximum Gasteiger partial charge on any atom is 0.119 e. The predicted octanol–water partition coefficient (Wildman–Crippen LogP) is 1.73. The van der Waals surface area contributed by atoms with E-state index in [-0.39, 0.29) is 0 Å². The summed E-state index contributed by atoms with van der Waals surface area (Å²) in [5, 5.41) is 0. The molecule has 6 nitrogen and oxygen atoms in total. The molecule has 0 aliphatic heterocycles. The molecule has 2 N–H and O–H groups in total. The zero-order valence-corrected chi connectivity index (χ0v) is 13.3. The standard InChI is InChI=1S/C16H27NO5/c1-2-18-7-8-19-9-10-20-11-12-21-13-14-22-16-5-3-15(17)4-6-16/h3-6H,2,7-14,17H2,1H3. The van der Waals surface area contributed by atoms with E-state index >= 15 is 0 Å². The zero-order valence-electron chi connectivity index (χ0n) is 13.3. The van der Waals surface area contributed by atoms with Gasteiger partial charge in [0.2, 0.25) is 0 Å². The van der Waals surface area contributed by atoms with Crippen molar-refractivity contribution in [3.63, 3.8) is 0 Å². The molecule has 0 radical (unpaired) electrons. The lowest BCUT2D eigenvalue weighted by Crippen LogP contribution is -2.13. The van der Waals surface area contributed by atoms with Crippen LogP contribution in [-0.4, -0.2) is 59.5 Å². The normalized spacial score (nSPS) is 10.8. The zero-order chi connectivity index (χ0) is 15.9. The van der Waals surface area contributed by atoms with Gasteiger partial charge in [-0.1, -0.05) is 0 Å². The summed E-state index contributed by atoms with van der Waals surface area (Å²) < 4.78 is 26.7. The third kappa shape index (κ3) is 10.4. The van der Waals surface area contributed by atoms with Crippen LogP contribution < -0.4 is 10.5 Å². The van der Waals surface area contributed by atoms with E-state index in [1.807, 2.05) is 19.1 Å². The second kappa shape index (κ2) is 13.3. The molecule has 0 atom stereocenters. The van der Waals surface area contributed by atoms with Crippen LogP contribution in [0.4, 0.5) is 5.69 Å². The minimum Gasteiger partial charge on any atom is -0.491 e. The maximum absolute atomic E-state index is 5.59. The molecular formula is C16H27NO5. The smallest absolute Gasteiger partial charge is 0.119 e. The van der Waals surface area contributed by atoms with Crippen molar-refractivity contribution < 1.29 is 23.7 Å². The van der Waals surface area contributed by atoms with Gasteiger partial charge in [0, 0.05) is 12.3 Å². The van der Waals surface area contributed by atoms with E-state index in [0.29, 0.717) is 52.9 Å². The molecule has 1 aromatic rings. The van der Waals surface area contributed by atoms with Crippen molar-refractivity contribution in [3.05, 3.63) is 24.3 Å². The summed E-state index contributed by atoms with van der Waals surface area (Å²) in [6.07, 6.45) is 0. The molecule has 0 fully saturated rings. The average molecular weight is 313 g/mol. The Morgan fingerprint density at radius 2 is 1.14 bits per heavy atom. The van der Waals surface area contributed by atoms with Crippen molar-refractivity contribution in [3.8, 4) is 5.75 Å². The Labute approximate surface area is 132 Å². The van der Waals surface area contributed by atoms with Crippen LogP contribution in [0.2, 0.25) is 0 Å². The monoisotopic (exact) mass is 313 g/mol. The SMILES string of the molecule is CCOCCOCCOCCOCCOc1ccc(N)cc1. The minimum atomic E-state index is 0.504. The Morgan fingerprint density at radius 3 is 1.64 bits per heavy atom. The Balaban J connectivity index is 1.79. The first-order valence-electron chi connectivity index (χ1n) is 7.62. The fourth-order valence-electron chi connectivity index (χ4n) is 1.59. The van der Waals surface area contributed by atoms with E-state index in [1.54, 1.807) is 12.1 Å². The van der Waals surface area contributed by atoms with Crippen LogP contribution in [0, 0.1) is 0 Å². The van der Waals surface area contributed by atoms with Crippen LogP contribution in [0.25, 0.3) is 0 Å². The Morgan fingerprint density at radius 1 is 0.682 bits per heavy atom. The lowest BCUT2D eigenvalue weighted by atomic mass is 10.3. The summed E-state index contributed by atoms with van der Waals surface area (Å²) in [5.41, 5.74) is 6.32. The van der Waals surface area contributed by atoms with Gasteiger partial charge < -0.3 is 29.4 Å². The summed E-state index contributed by atoms with van der Waals surface area (Å²) in [4.78, 5) is 0. The Hall–Kier alpha value is -1.34. The number of hydrogen-bond acceptors (Lipinski definition) is 6. The summed E-state index contributed by atoms with van der Waals surface area (Å²) in [6.45, 7) is 7.20. The van der Waals surface area contributed by atoms with Crippen molar-refractivity contribution in [2.75, 3.05) is 65.2 Å². The van der Waals surface area contributed by atoms with E-state index in [1.165, 1.54) is 0 Å². The van der Waals surface area contributed by atoms with Gasteiger partial charge in [-0.15, -0.1) is 0 Å². The van der Waals surface area contributed by atoms with Crippen molar-refractivity contribution in [1.82, 2.24) is 0 Å². The molecule has 0 spiro atoms. The van der Waals surface area contributed by atoms with Crippen LogP contribution >= 0.6 is 0 Å². The molecule has 22 heavy (non-hydrogen) atoms. The van der Waals surface area contributed by atoms with Gasteiger partial charge in [-0.25, -0.2) is 0 Å². The highest BCUT2D eigenvalue weighted by Gasteiger charge is 1.95. The lowest BCUT2D eigenvalue weighted by Gasteiger charge is -2.08. The van der Waals surface area contributed by atoms with Gasteiger partial charge >= 0.3 is 0 Å². The van der Waals surface area contributed by atoms with Crippen molar-refractivity contribution in [2.24, 2.45) is 0 Å². The van der Waals surface area contributed by atoms with Crippen LogP contribution in [-0.2, 0) is 18.9 Å². The van der Waals surface area contributed by atoms with Gasteiger partial charge in [0.1, 0.15) is 12.4 Å². The summed E-state index contributed by atoms with van der Waals surface area (Å²) in [7, 11) is 0. The third-order valence-electron chi connectivity index (χ3n) is 2.70. The van der Waals surface area contributed by atoms with Gasteiger partial charge in [-0.2, -0.15) is 0 Å². The van der Waals surface area contributed by atoms with Gasteiger partial charge in [0.05, 0.1) is 46.2 Å². The Kier molecular flexibility index (Phi) is 11.3. The first kappa shape index (κ1) is 18.7. The number of nitrogens with two attached hydrogens (primary N) is 1. The second-order valence-corrected chi connectivity index (χ2v) is 4.45. The first-order valence-corrected chi connectivity index (χ1v) is 7.62. The summed E-state index contributed by atoms with van der Waals surface area (Å²) >= 11 is 0. The fraction of sp³-hybridized carbons (Fsp3) is 0.625. The molecule has 1 rings (SSSR count). The van der Waals surface area contributed by atoms with Crippen LogP contribution in [0.1, 0.15) is 6.92 Å². The van der Waals surface area contributed by atoms with Crippen molar-refractivity contribution in [2.45, 2.75) is 6.92 Å². The fourth-order valence-corrected chi connectivity index (χ4v) is 1.59. The van der Waals surface area contributed by atoms with E-state index < -0.39 is 0 Å². The van der Waals surface area contributed by atoms with Crippen LogP contribution in [0.15, 0.2) is 24.3 Å². The predicted molar refractivity (Wildman–Crippen MR) is 85.3 cm³/mol. The number of anilines is 1. The molecule has 6 heteroatoms. The number of benzene rings is 1. The highest BCUT2D eigenvalue weighted by atomic mass is 16.6. The highest BCUT2D eigenvalue weighted by Crippen LogP contribution is 2.12. The van der Waals surface area contributed by atoms with E-state index in [4.69, 9.17) is 29.4 Å². The maximum atomic E-state index is 5.59. The first-order chi connectivity index (χ1) is 10.8. The molecule has 0 heterocycles. The molecule has 0 saturated carbocycles. The highest BCUT2D eigenvalue weighted by molar-refractivity contribution is 5.41. The lowest BCUT2D eigenvalue weighted by molar-refractivity contribution is -0.00341. The van der Waals surface area contributed by atoms with Gasteiger partial charge in [0.15, 0.2) is 0 Å². The van der Waals surface area contributed by atoms with Crippen molar-refractivity contribution >= 4 is 5.69 Å². The Bertz CT molecular complexity index is 358. The van der Waals surface area contributed by atoms with Crippen LogP contribution in [0.3, 0.4) is 0 Å². The largest absolute Gasteiger partial charge is 0.491 e. The van der Waals surface area contributed by atoms with Crippen LogP contribution in [0.5, 0.6) is 5.75 Å². The van der Waals surface area contributed by atoms with E-state index in [2.05, 4.69) is 0 Å². The average Bonchev–Trinajstić information content (AvgIpc) is 2.53. The number of hydrogen-bond donors (Lipinski definition) is 1. The number of ether oxygens (including phenoxy) is 5. The molecule has 0 amide bonds. The summed E-state index contributed by atoms with van der Waals surface area (Å²) in [5.74, 6) is 0.790. The number of rotatable bonds is 14. The van der Waals surface area contributed by atoms with Crippen molar-refractivity contribution in [1.29, 1.82) is 0 Å². The second-order valence-electron chi connectivity index (χ2n) is 4.45. The molecule has 0 bridgehead atoms. The summed E-state index contributed by atoms with van der Waals surface area (Å²) in [6, 6.07) is 7.29. The molecular weight excluding hydrogens is 286 g/mol. The van der Waals surface area contributed by atoms with Gasteiger partial charge in [-0.3, -0.25) is 0 Å². The van der Waals surface area contributed by atoms with E-state index in [0.717, 1.165) is 18.0 Å². The third-order valence-corrected chi connectivity index (χ3v) is 2.70. The van der Waals surface area contributed by atoms with E-state index in [9.17, 15) is 0 Å². The molecule has 0 aromatic heterocycles. The molecule has 0 aliphatic rings. The van der Waals surface area contributed by atoms with Gasteiger partial charge in [0.25, 0.3) is 0 Å². The molecule has 1 aromatic carbocycles. The quantitative estimate of drug-likeness (QED) is 0.416. The topological polar surface area (TPSA) is 72.2 Å². The molecule has 0 unspecified atom stereocenters. The van der Waals surface area contributed by atoms with Gasteiger partial charge in [-0.05, 0) is 31.2 Å². The molecule has 0 saturated heterocycles.